The number of nitriles is 1. The summed E-state index contributed by atoms with van der Waals surface area (Å²) >= 11 is 3.12. The Morgan fingerprint density at radius 2 is 2.37 bits per heavy atom. The molecular weight excluding hydrogens is 309 g/mol. The second kappa shape index (κ2) is 5.89. The lowest BCUT2D eigenvalue weighted by molar-refractivity contribution is 0.253. The molecule has 0 bridgehead atoms. The van der Waals surface area contributed by atoms with Gasteiger partial charge >= 0.3 is 0 Å². The molecular formula is C14H17BrFN3. The van der Waals surface area contributed by atoms with Crippen LogP contribution in [0, 0.1) is 22.6 Å². The molecule has 5 heteroatoms. The quantitative estimate of drug-likeness (QED) is 0.896. The van der Waals surface area contributed by atoms with Crippen molar-refractivity contribution in [2.75, 3.05) is 25.0 Å². The normalized spacial score (nSPS) is 22.8. The highest BCUT2D eigenvalue weighted by molar-refractivity contribution is 9.10. The Hall–Kier alpha value is -1.12. The molecule has 1 aromatic carbocycles. The second-order valence-electron chi connectivity index (χ2n) is 5.34. The van der Waals surface area contributed by atoms with E-state index in [9.17, 15) is 4.39 Å². The lowest BCUT2D eigenvalue weighted by Crippen LogP contribution is -2.42. The van der Waals surface area contributed by atoms with Crippen molar-refractivity contribution in [1.82, 2.24) is 5.32 Å². The highest BCUT2D eigenvalue weighted by Gasteiger charge is 2.26. The Morgan fingerprint density at radius 3 is 3.00 bits per heavy atom. The lowest BCUT2D eigenvalue weighted by atomic mass is 9.83. The summed E-state index contributed by atoms with van der Waals surface area (Å²) < 4.78 is 14.3. The van der Waals surface area contributed by atoms with E-state index in [1.807, 2.05) is 6.07 Å². The van der Waals surface area contributed by atoms with E-state index < -0.39 is 5.82 Å². The third-order valence-corrected chi connectivity index (χ3v) is 4.37. The van der Waals surface area contributed by atoms with E-state index in [1.54, 1.807) is 12.1 Å². The first kappa shape index (κ1) is 14.3. The average Bonchev–Trinajstić information content (AvgIpc) is 2.41. The Kier molecular flexibility index (Phi) is 4.43. The summed E-state index contributed by atoms with van der Waals surface area (Å²) in [5, 5.41) is 15.4. The molecule has 1 atom stereocenters. The monoisotopic (exact) mass is 325 g/mol. The van der Waals surface area contributed by atoms with Crippen LogP contribution in [0.5, 0.6) is 0 Å². The summed E-state index contributed by atoms with van der Waals surface area (Å²) in [6.45, 7) is 4.92. The van der Waals surface area contributed by atoms with Gasteiger partial charge < -0.3 is 10.6 Å². The molecule has 1 aliphatic rings. The zero-order valence-electron chi connectivity index (χ0n) is 10.9. The van der Waals surface area contributed by atoms with Gasteiger partial charge in [0.1, 0.15) is 6.07 Å². The van der Waals surface area contributed by atoms with Gasteiger partial charge in [-0.25, -0.2) is 4.39 Å². The van der Waals surface area contributed by atoms with Gasteiger partial charge in [0.25, 0.3) is 0 Å². The number of hydrogen-bond acceptors (Lipinski definition) is 3. The molecule has 1 fully saturated rings. The van der Waals surface area contributed by atoms with Gasteiger partial charge in [-0.1, -0.05) is 6.92 Å². The number of rotatable bonds is 3. The highest BCUT2D eigenvalue weighted by atomic mass is 79.9. The number of halogens is 2. The fourth-order valence-electron chi connectivity index (χ4n) is 2.35. The fourth-order valence-corrected chi connectivity index (χ4v) is 2.78. The Balaban J connectivity index is 2.08. The van der Waals surface area contributed by atoms with Crippen molar-refractivity contribution in [3.8, 4) is 6.07 Å². The zero-order chi connectivity index (χ0) is 13.9. The minimum Gasteiger partial charge on any atom is -0.382 e. The third kappa shape index (κ3) is 3.26. The Bertz CT molecular complexity index is 504. The van der Waals surface area contributed by atoms with Crippen molar-refractivity contribution in [1.29, 1.82) is 5.26 Å². The van der Waals surface area contributed by atoms with Gasteiger partial charge in [-0.05, 0) is 52.9 Å². The van der Waals surface area contributed by atoms with Crippen LogP contribution < -0.4 is 10.6 Å². The molecule has 1 heterocycles. The maximum Gasteiger partial charge on any atom is 0.161 e. The van der Waals surface area contributed by atoms with Crippen LogP contribution in [0.3, 0.4) is 0 Å². The van der Waals surface area contributed by atoms with E-state index in [4.69, 9.17) is 5.26 Å². The molecule has 1 unspecified atom stereocenters. The first-order chi connectivity index (χ1) is 9.06. The molecule has 19 heavy (non-hydrogen) atoms. The standard InChI is InChI=1S/C14H17BrFN3/c1-14(5-2-6-18-8-14)9-19-11-4-3-10(7-17)12(15)13(11)16/h3-4,18-19H,2,5-6,8-9H2,1H3. The van der Waals surface area contributed by atoms with Crippen molar-refractivity contribution in [3.05, 3.63) is 28.0 Å². The molecule has 2 rings (SSSR count). The Labute approximate surface area is 121 Å². The molecule has 2 N–H and O–H groups in total. The number of nitrogens with zero attached hydrogens (tertiary/aromatic N) is 1. The van der Waals surface area contributed by atoms with Crippen LogP contribution in [0.4, 0.5) is 10.1 Å². The molecule has 0 aromatic heterocycles. The molecule has 0 aliphatic carbocycles. The molecule has 3 nitrogen and oxygen atoms in total. The highest BCUT2D eigenvalue weighted by Crippen LogP contribution is 2.29. The Morgan fingerprint density at radius 1 is 1.58 bits per heavy atom. The third-order valence-electron chi connectivity index (χ3n) is 3.59. The molecule has 0 radical (unpaired) electrons. The smallest absolute Gasteiger partial charge is 0.161 e. The summed E-state index contributed by atoms with van der Waals surface area (Å²) in [4.78, 5) is 0. The van der Waals surface area contributed by atoms with Crippen LogP contribution in [0.1, 0.15) is 25.3 Å². The van der Waals surface area contributed by atoms with Crippen LogP contribution >= 0.6 is 15.9 Å². The second-order valence-corrected chi connectivity index (χ2v) is 6.14. The predicted octanol–water partition coefficient (Wildman–Crippen LogP) is 3.26. The van der Waals surface area contributed by atoms with E-state index in [1.165, 1.54) is 0 Å². The summed E-state index contributed by atoms with van der Waals surface area (Å²) in [6.07, 6.45) is 2.28. The molecule has 0 spiro atoms. The minimum absolute atomic E-state index is 0.144. The van der Waals surface area contributed by atoms with Crippen molar-refractivity contribution in [2.24, 2.45) is 5.41 Å². The van der Waals surface area contributed by atoms with E-state index in [-0.39, 0.29) is 9.89 Å². The van der Waals surface area contributed by atoms with Crippen molar-refractivity contribution in [2.45, 2.75) is 19.8 Å². The number of piperidine rings is 1. The average molecular weight is 326 g/mol. The summed E-state index contributed by atoms with van der Waals surface area (Å²) in [7, 11) is 0. The van der Waals surface area contributed by atoms with Gasteiger partial charge in [-0.15, -0.1) is 0 Å². The lowest BCUT2D eigenvalue weighted by Gasteiger charge is -2.34. The van der Waals surface area contributed by atoms with Gasteiger partial charge in [0, 0.05) is 13.1 Å². The summed E-state index contributed by atoms with van der Waals surface area (Å²) in [5.74, 6) is -0.397. The number of nitrogens with one attached hydrogen (secondary N) is 2. The minimum atomic E-state index is -0.397. The largest absolute Gasteiger partial charge is 0.382 e. The van der Waals surface area contributed by atoms with Gasteiger partial charge in [0.05, 0.1) is 15.7 Å². The van der Waals surface area contributed by atoms with Gasteiger partial charge in [0.2, 0.25) is 0 Å². The van der Waals surface area contributed by atoms with Crippen LogP contribution in [0.15, 0.2) is 16.6 Å². The molecule has 1 saturated heterocycles. The SMILES string of the molecule is CC1(CNc2ccc(C#N)c(Br)c2F)CCCNC1. The van der Waals surface area contributed by atoms with E-state index in [0.29, 0.717) is 11.3 Å². The molecule has 0 amide bonds. The molecule has 1 aromatic rings. The van der Waals surface area contributed by atoms with Crippen LogP contribution in [-0.4, -0.2) is 19.6 Å². The maximum atomic E-state index is 14.1. The molecule has 0 saturated carbocycles. The van der Waals surface area contributed by atoms with Crippen LogP contribution in [-0.2, 0) is 0 Å². The predicted molar refractivity (Wildman–Crippen MR) is 77.5 cm³/mol. The summed E-state index contributed by atoms with van der Waals surface area (Å²) in [5.41, 5.74) is 0.900. The molecule has 102 valence electrons. The summed E-state index contributed by atoms with van der Waals surface area (Å²) in [6, 6.07) is 5.20. The van der Waals surface area contributed by atoms with E-state index in [0.717, 1.165) is 32.5 Å². The van der Waals surface area contributed by atoms with E-state index >= 15 is 0 Å². The molecule has 1 aliphatic heterocycles. The number of benzene rings is 1. The van der Waals surface area contributed by atoms with Crippen molar-refractivity contribution in [3.63, 3.8) is 0 Å². The fraction of sp³-hybridized carbons (Fsp3) is 0.500. The first-order valence-corrected chi connectivity index (χ1v) is 7.18. The van der Waals surface area contributed by atoms with Gasteiger partial charge in [-0.2, -0.15) is 5.26 Å². The topological polar surface area (TPSA) is 47.9 Å². The van der Waals surface area contributed by atoms with Gasteiger partial charge in [-0.3, -0.25) is 0 Å². The first-order valence-electron chi connectivity index (χ1n) is 6.38. The van der Waals surface area contributed by atoms with Crippen LogP contribution in [0.25, 0.3) is 0 Å². The zero-order valence-corrected chi connectivity index (χ0v) is 12.5. The number of hydrogen-bond donors (Lipinski definition) is 2. The number of anilines is 1. The maximum absolute atomic E-state index is 14.1. The van der Waals surface area contributed by atoms with Gasteiger partial charge in [0.15, 0.2) is 5.82 Å². The van der Waals surface area contributed by atoms with E-state index in [2.05, 4.69) is 33.5 Å². The van der Waals surface area contributed by atoms with Crippen LogP contribution in [0.2, 0.25) is 0 Å². The van der Waals surface area contributed by atoms with Crippen molar-refractivity contribution < 1.29 is 4.39 Å². The van der Waals surface area contributed by atoms with Crippen molar-refractivity contribution >= 4 is 21.6 Å².